The first-order valence-corrected chi connectivity index (χ1v) is 8.08. The molecule has 22 heavy (non-hydrogen) atoms. The molecule has 1 heterocycles. The van der Waals surface area contributed by atoms with Gasteiger partial charge in [-0.3, -0.25) is 4.79 Å². The van der Waals surface area contributed by atoms with Gasteiger partial charge in [-0.05, 0) is 31.9 Å². The maximum atomic E-state index is 12.7. The van der Waals surface area contributed by atoms with E-state index in [-0.39, 0.29) is 17.6 Å². The Morgan fingerprint density at radius 2 is 1.86 bits per heavy atom. The maximum Gasteiger partial charge on any atom is 0.265 e. The smallest absolute Gasteiger partial charge is 0.265 e. The molecule has 0 saturated heterocycles. The van der Waals surface area contributed by atoms with Crippen LogP contribution >= 0.6 is 0 Å². The standard InChI is InChI=1S/C17H24N2O3/c1-12-15(22-14-8-4-3-7-13(14)21-12)16(20)19-17(11-18)9-5-2-6-10-17/h3-4,7-8,12,15H,2,5-6,9-11,18H2,1H3,(H,19,20). The van der Waals surface area contributed by atoms with Crippen molar-refractivity contribution in [3.05, 3.63) is 24.3 Å². The Kier molecular flexibility index (Phi) is 4.25. The fourth-order valence-corrected chi connectivity index (χ4v) is 3.35. The lowest BCUT2D eigenvalue weighted by atomic mass is 9.81. The molecule has 0 aromatic heterocycles. The van der Waals surface area contributed by atoms with Gasteiger partial charge in [0.25, 0.3) is 5.91 Å². The molecule has 1 aliphatic carbocycles. The zero-order valence-electron chi connectivity index (χ0n) is 13.0. The lowest BCUT2D eigenvalue weighted by Gasteiger charge is -2.39. The van der Waals surface area contributed by atoms with E-state index in [1.165, 1.54) is 6.42 Å². The highest BCUT2D eigenvalue weighted by molar-refractivity contribution is 5.83. The molecule has 0 bridgehead atoms. The van der Waals surface area contributed by atoms with Crippen LogP contribution in [-0.2, 0) is 4.79 Å². The topological polar surface area (TPSA) is 73.6 Å². The largest absolute Gasteiger partial charge is 0.482 e. The van der Waals surface area contributed by atoms with Gasteiger partial charge >= 0.3 is 0 Å². The second kappa shape index (κ2) is 6.16. The number of fused-ring (bicyclic) bond motifs is 1. The molecule has 1 aromatic carbocycles. The van der Waals surface area contributed by atoms with Crippen LogP contribution in [0.15, 0.2) is 24.3 Å². The van der Waals surface area contributed by atoms with Gasteiger partial charge in [0.2, 0.25) is 6.10 Å². The first-order valence-electron chi connectivity index (χ1n) is 8.08. The van der Waals surface area contributed by atoms with E-state index >= 15 is 0 Å². The summed E-state index contributed by atoms with van der Waals surface area (Å²) < 4.78 is 11.7. The van der Waals surface area contributed by atoms with Crippen molar-refractivity contribution in [1.82, 2.24) is 5.32 Å². The Labute approximate surface area is 131 Å². The minimum atomic E-state index is -0.639. The molecule has 5 heteroatoms. The Balaban J connectivity index is 1.72. The molecular formula is C17H24N2O3. The predicted octanol–water partition coefficient (Wildman–Crippen LogP) is 1.99. The number of carbonyl (C=O) groups is 1. The molecule has 1 saturated carbocycles. The van der Waals surface area contributed by atoms with Gasteiger partial charge in [0, 0.05) is 6.54 Å². The average molecular weight is 304 g/mol. The van der Waals surface area contributed by atoms with E-state index in [2.05, 4.69) is 5.32 Å². The van der Waals surface area contributed by atoms with Crippen molar-refractivity contribution in [2.75, 3.05) is 6.54 Å². The van der Waals surface area contributed by atoms with Gasteiger partial charge in [-0.1, -0.05) is 31.4 Å². The summed E-state index contributed by atoms with van der Waals surface area (Å²) >= 11 is 0. The van der Waals surface area contributed by atoms with Crippen LogP contribution in [0.3, 0.4) is 0 Å². The molecule has 1 amide bonds. The molecule has 5 nitrogen and oxygen atoms in total. The first kappa shape index (κ1) is 15.2. The summed E-state index contributed by atoms with van der Waals surface area (Å²) in [5.74, 6) is 1.17. The van der Waals surface area contributed by atoms with Crippen LogP contribution in [0.2, 0.25) is 0 Å². The number of para-hydroxylation sites is 2. The van der Waals surface area contributed by atoms with Gasteiger partial charge in [-0.2, -0.15) is 0 Å². The normalized spacial score (nSPS) is 26.3. The van der Waals surface area contributed by atoms with Crippen molar-refractivity contribution in [2.24, 2.45) is 5.73 Å². The zero-order valence-corrected chi connectivity index (χ0v) is 13.0. The number of carbonyl (C=O) groups excluding carboxylic acids is 1. The van der Waals surface area contributed by atoms with E-state index in [0.717, 1.165) is 25.7 Å². The van der Waals surface area contributed by atoms with Gasteiger partial charge in [-0.15, -0.1) is 0 Å². The molecule has 0 spiro atoms. The molecule has 3 N–H and O–H groups in total. The van der Waals surface area contributed by atoms with Gasteiger partial charge in [0.05, 0.1) is 5.54 Å². The molecule has 1 aliphatic heterocycles. The average Bonchev–Trinajstić information content (AvgIpc) is 2.55. The third-order valence-electron chi connectivity index (χ3n) is 4.69. The van der Waals surface area contributed by atoms with Gasteiger partial charge in [0.1, 0.15) is 6.10 Å². The monoisotopic (exact) mass is 304 g/mol. The number of nitrogens with one attached hydrogen (secondary N) is 1. The summed E-state index contributed by atoms with van der Waals surface area (Å²) in [5, 5.41) is 3.14. The van der Waals surface area contributed by atoms with Crippen LogP contribution in [0.5, 0.6) is 11.5 Å². The highest BCUT2D eigenvalue weighted by atomic mass is 16.6. The van der Waals surface area contributed by atoms with E-state index < -0.39 is 6.10 Å². The van der Waals surface area contributed by atoms with Crippen molar-refractivity contribution >= 4 is 5.91 Å². The van der Waals surface area contributed by atoms with Gasteiger partial charge in [-0.25, -0.2) is 0 Å². The van der Waals surface area contributed by atoms with Crippen LogP contribution < -0.4 is 20.5 Å². The first-order chi connectivity index (χ1) is 10.6. The highest BCUT2D eigenvalue weighted by Gasteiger charge is 2.39. The second-order valence-corrected chi connectivity index (χ2v) is 6.34. The van der Waals surface area contributed by atoms with Crippen LogP contribution in [0.1, 0.15) is 39.0 Å². The van der Waals surface area contributed by atoms with Gasteiger partial charge < -0.3 is 20.5 Å². The SMILES string of the molecule is CC1Oc2ccccc2OC1C(=O)NC1(CN)CCCCC1. The van der Waals surface area contributed by atoms with E-state index in [1.807, 2.05) is 31.2 Å². The summed E-state index contributed by atoms with van der Waals surface area (Å²) in [6.07, 6.45) is 4.34. The summed E-state index contributed by atoms with van der Waals surface area (Å²) in [5.41, 5.74) is 5.66. The van der Waals surface area contributed by atoms with Crippen molar-refractivity contribution < 1.29 is 14.3 Å². The molecule has 2 aliphatic rings. The van der Waals surface area contributed by atoms with E-state index in [9.17, 15) is 4.79 Å². The number of benzene rings is 1. The summed E-state index contributed by atoms with van der Waals surface area (Å²) in [7, 11) is 0. The van der Waals surface area contributed by atoms with Crippen molar-refractivity contribution in [3.8, 4) is 11.5 Å². The Bertz CT molecular complexity index is 540. The second-order valence-electron chi connectivity index (χ2n) is 6.34. The predicted molar refractivity (Wildman–Crippen MR) is 84.0 cm³/mol. The maximum absolute atomic E-state index is 12.7. The summed E-state index contributed by atoms with van der Waals surface area (Å²) in [6.45, 7) is 2.33. The van der Waals surface area contributed by atoms with Crippen LogP contribution in [-0.4, -0.2) is 30.2 Å². The molecule has 120 valence electrons. The van der Waals surface area contributed by atoms with Crippen LogP contribution in [0.4, 0.5) is 0 Å². The fraction of sp³-hybridized carbons (Fsp3) is 0.588. The van der Waals surface area contributed by atoms with E-state index in [4.69, 9.17) is 15.2 Å². The molecule has 1 aromatic rings. The number of rotatable bonds is 3. The number of nitrogens with two attached hydrogens (primary N) is 1. The van der Waals surface area contributed by atoms with Crippen molar-refractivity contribution in [3.63, 3.8) is 0 Å². The van der Waals surface area contributed by atoms with E-state index in [0.29, 0.717) is 18.0 Å². The molecule has 2 unspecified atom stereocenters. The number of amides is 1. The van der Waals surface area contributed by atoms with Crippen molar-refractivity contribution in [1.29, 1.82) is 0 Å². The quantitative estimate of drug-likeness (QED) is 0.895. The Morgan fingerprint density at radius 1 is 1.23 bits per heavy atom. The summed E-state index contributed by atoms with van der Waals surface area (Å²) in [4.78, 5) is 12.7. The fourth-order valence-electron chi connectivity index (χ4n) is 3.35. The van der Waals surface area contributed by atoms with Crippen LogP contribution in [0.25, 0.3) is 0 Å². The minimum Gasteiger partial charge on any atom is -0.482 e. The van der Waals surface area contributed by atoms with E-state index in [1.54, 1.807) is 0 Å². The number of hydrogen-bond donors (Lipinski definition) is 2. The molecule has 1 fully saturated rings. The third kappa shape index (κ3) is 2.90. The van der Waals surface area contributed by atoms with Crippen molar-refractivity contribution in [2.45, 2.75) is 56.8 Å². The Morgan fingerprint density at radius 3 is 2.50 bits per heavy atom. The number of hydrogen-bond acceptors (Lipinski definition) is 4. The zero-order chi connectivity index (χ0) is 15.6. The third-order valence-corrected chi connectivity index (χ3v) is 4.69. The molecular weight excluding hydrogens is 280 g/mol. The molecule has 2 atom stereocenters. The lowest BCUT2D eigenvalue weighted by molar-refractivity contribution is -0.135. The minimum absolute atomic E-state index is 0.130. The van der Waals surface area contributed by atoms with Crippen LogP contribution in [0, 0.1) is 0 Å². The lowest BCUT2D eigenvalue weighted by Crippen LogP contribution is -2.60. The Hall–Kier alpha value is -1.75. The molecule has 0 radical (unpaired) electrons. The highest BCUT2D eigenvalue weighted by Crippen LogP contribution is 2.34. The summed E-state index contributed by atoms with van der Waals surface area (Å²) in [6, 6.07) is 7.43. The van der Waals surface area contributed by atoms with Gasteiger partial charge in [0.15, 0.2) is 11.5 Å². The molecule has 3 rings (SSSR count). The number of ether oxygens (including phenoxy) is 2.